The molecule has 0 aliphatic rings. The van der Waals surface area contributed by atoms with E-state index in [1.807, 2.05) is 13.8 Å². The molecule has 1 rings (SSSR count). The van der Waals surface area contributed by atoms with Crippen LogP contribution in [0.2, 0.25) is 0 Å². The second-order valence-electron chi connectivity index (χ2n) is 4.30. The van der Waals surface area contributed by atoms with Gasteiger partial charge in [0.15, 0.2) is 11.6 Å². The first-order valence-electron chi connectivity index (χ1n) is 5.55. The minimum Gasteiger partial charge on any atom is -0.374 e. The molecule has 0 aliphatic heterocycles. The maximum Gasteiger partial charge on any atom is 0.239 e. The molecule has 0 aromatic heterocycles. The predicted octanol–water partition coefficient (Wildman–Crippen LogP) is 2.29. The van der Waals surface area contributed by atoms with Crippen LogP contribution in [0.5, 0.6) is 0 Å². The van der Waals surface area contributed by atoms with Crippen LogP contribution in [-0.2, 0) is 4.79 Å². The molecule has 100 valence electrons. The van der Waals surface area contributed by atoms with Crippen molar-refractivity contribution in [1.82, 2.24) is 5.32 Å². The Morgan fingerprint density at radius 3 is 2.39 bits per heavy atom. The summed E-state index contributed by atoms with van der Waals surface area (Å²) in [6.07, 6.45) is 0. The fourth-order valence-electron chi connectivity index (χ4n) is 1.21. The molecule has 0 aliphatic carbocycles. The molecule has 0 atom stereocenters. The first-order valence-corrected chi connectivity index (χ1v) is 5.55. The highest BCUT2D eigenvalue weighted by Gasteiger charge is 2.10. The molecule has 1 aromatic carbocycles. The van der Waals surface area contributed by atoms with Crippen molar-refractivity contribution in [3.8, 4) is 0 Å². The number of hydrogen-bond donors (Lipinski definition) is 2. The van der Waals surface area contributed by atoms with E-state index in [4.69, 9.17) is 0 Å². The Bertz CT molecular complexity index is 436. The lowest BCUT2D eigenvalue weighted by Gasteiger charge is -2.10. The highest BCUT2D eigenvalue weighted by molar-refractivity contribution is 5.80. The van der Waals surface area contributed by atoms with Crippen molar-refractivity contribution in [2.45, 2.75) is 13.8 Å². The van der Waals surface area contributed by atoms with Crippen molar-refractivity contribution in [3.63, 3.8) is 0 Å². The summed E-state index contributed by atoms with van der Waals surface area (Å²) in [6.45, 7) is 4.17. The Labute approximate surface area is 103 Å². The predicted molar refractivity (Wildman–Crippen MR) is 62.7 cm³/mol. The number of carbonyl (C=O) groups excluding carboxylic acids is 1. The van der Waals surface area contributed by atoms with Crippen LogP contribution in [-0.4, -0.2) is 19.0 Å². The summed E-state index contributed by atoms with van der Waals surface area (Å²) in [7, 11) is 0. The van der Waals surface area contributed by atoms with Crippen molar-refractivity contribution in [1.29, 1.82) is 0 Å². The van der Waals surface area contributed by atoms with Crippen LogP contribution >= 0.6 is 0 Å². The molecule has 1 amide bonds. The highest BCUT2D eigenvalue weighted by Crippen LogP contribution is 2.17. The second kappa shape index (κ2) is 6.28. The number of benzene rings is 1. The SMILES string of the molecule is CC(C)CNC(=O)CNc1cc(F)c(F)cc1F. The highest BCUT2D eigenvalue weighted by atomic mass is 19.2. The minimum absolute atomic E-state index is 0.200. The zero-order valence-electron chi connectivity index (χ0n) is 10.2. The summed E-state index contributed by atoms with van der Waals surface area (Å²) >= 11 is 0. The van der Waals surface area contributed by atoms with E-state index in [1.54, 1.807) is 0 Å². The van der Waals surface area contributed by atoms with Crippen LogP contribution in [0.1, 0.15) is 13.8 Å². The van der Waals surface area contributed by atoms with Gasteiger partial charge >= 0.3 is 0 Å². The van der Waals surface area contributed by atoms with Gasteiger partial charge in [0.05, 0.1) is 12.2 Å². The number of halogens is 3. The van der Waals surface area contributed by atoms with Crippen LogP contribution in [0.4, 0.5) is 18.9 Å². The summed E-state index contributed by atoms with van der Waals surface area (Å²) < 4.78 is 38.7. The summed E-state index contributed by atoms with van der Waals surface area (Å²) in [5.74, 6) is -3.41. The third-order valence-electron chi connectivity index (χ3n) is 2.16. The summed E-state index contributed by atoms with van der Waals surface area (Å²) in [5, 5.41) is 5.02. The Balaban J connectivity index is 2.53. The number of anilines is 1. The molecule has 0 heterocycles. The molecule has 1 aromatic rings. The Morgan fingerprint density at radius 1 is 1.17 bits per heavy atom. The molecule has 0 fully saturated rings. The molecule has 0 bridgehead atoms. The zero-order valence-corrected chi connectivity index (χ0v) is 10.2. The van der Waals surface area contributed by atoms with Crippen molar-refractivity contribution in [2.24, 2.45) is 5.92 Å². The fourth-order valence-corrected chi connectivity index (χ4v) is 1.21. The smallest absolute Gasteiger partial charge is 0.239 e. The van der Waals surface area contributed by atoms with Crippen molar-refractivity contribution in [3.05, 3.63) is 29.6 Å². The molecule has 0 spiro atoms. The number of amides is 1. The number of rotatable bonds is 5. The lowest BCUT2D eigenvalue weighted by molar-refractivity contribution is -0.119. The van der Waals surface area contributed by atoms with E-state index in [9.17, 15) is 18.0 Å². The molecular weight excluding hydrogens is 245 g/mol. The third kappa shape index (κ3) is 4.27. The second-order valence-corrected chi connectivity index (χ2v) is 4.30. The molecule has 2 N–H and O–H groups in total. The topological polar surface area (TPSA) is 41.1 Å². The van der Waals surface area contributed by atoms with Gasteiger partial charge in [0, 0.05) is 18.7 Å². The maximum absolute atomic E-state index is 13.2. The minimum atomic E-state index is -1.26. The molecule has 0 unspecified atom stereocenters. The third-order valence-corrected chi connectivity index (χ3v) is 2.16. The molecule has 0 radical (unpaired) electrons. The molecular formula is C12H15F3N2O. The Hall–Kier alpha value is -1.72. The average Bonchev–Trinajstić information content (AvgIpc) is 2.29. The van der Waals surface area contributed by atoms with E-state index < -0.39 is 17.5 Å². The van der Waals surface area contributed by atoms with Crippen LogP contribution < -0.4 is 10.6 Å². The fraction of sp³-hybridized carbons (Fsp3) is 0.417. The van der Waals surface area contributed by atoms with Crippen LogP contribution in [0.3, 0.4) is 0 Å². The molecule has 0 saturated carbocycles. The average molecular weight is 260 g/mol. The quantitative estimate of drug-likeness (QED) is 0.797. The number of nitrogens with one attached hydrogen (secondary N) is 2. The summed E-state index contributed by atoms with van der Waals surface area (Å²) in [6, 6.07) is 1.12. The van der Waals surface area contributed by atoms with Gasteiger partial charge in [-0.05, 0) is 5.92 Å². The lowest BCUT2D eigenvalue weighted by atomic mass is 10.2. The molecule has 0 saturated heterocycles. The van der Waals surface area contributed by atoms with Gasteiger partial charge in [-0.1, -0.05) is 13.8 Å². The first-order chi connectivity index (χ1) is 8.40. The Kier molecular flexibility index (Phi) is 5.00. The van der Waals surface area contributed by atoms with Gasteiger partial charge in [-0.3, -0.25) is 4.79 Å². The van der Waals surface area contributed by atoms with E-state index in [0.717, 1.165) is 0 Å². The van der Waals surface area contributed by atoms with Crippen LogP contribution in [0.15, 0.2) is 12.1 Å². The van der Waals surface area contributed by atoms with Crippen LogP contribution in [0.25, 0.3) is 0 Å². The van der Waals surface area contributed by atoms with Gasteiger partial charge in [0.25, 0.3) is 0 Å². The zero-order chi connectivity index (χ0) is 13.7. The Morgan fingerprint density at radius 2 is 1.78 bits per heavy atom. The van der Waals surface area contributed by atoms with Crippen molar-refractivity contribution < 1.29 is 18.0 Å². The van der Waals surface area contributed by atoms with Crippen molar-refractivity contribution in [2.75, 3.05) is 18.4 Å². The van der Waals surface area contributed by atoms with Gasteiger partial charge in [-0.2, -0.15) is 0 Å². The summed E-state index contributed by atoms with van der Waals surface area (Å²) in [5.41, 5.74) is -0.242. The van der Waals surface area contributed by atoms with E-state index in [1.165, 1.54) is 0 Å². The monoisotopic (exact) mass is 260 g/mol. The molecule has 6 heteroatoms. The van der Waals surface area contributed by atoms with Gasteiger partial charge < -0.3 is 10.6 Å². The lowest BCUT2D eigenvalue weighted by Crippen LogP contribution is -2.32. The summed E-state index contributed by atoms with van der Waals surface area (Å²) in [4.78, 5) is 11.3. The van der Waals surface area contributed by atoms with Gasteiger partial charge in [0.1, 0.15) is 5.82 Å². The normalized spacial score (nSPS) is 10.6. The maximum atomic E-state index is 13.2. The largest absolute Gasteiger partial charge is 0.374 e. The van der Waals surface area contributed by atoms with E-state index in [-0.39, 0.29) is 18.1 Å². The van der Waals surface area contributed by atoms with Gasteiger partial charge in [0.2, 0.25) is 5.91 Å². The molecule has 18 heavy (non-hydrogen) atoms. The number of hydrogen-bond acceptors (Lipinski definition) is 2. The van der Waals surface area contributed by atoms with E-state index in [2.05, 4.69) is 10.6 Å². The van der Waals surface area contributed by atoms with Gasteiger partial charge in [-0.25, -0.2) is 13.2 Å². The standard InChI is InChI=1S/C12H15F3N2O/c1-7(2)5-17-12(18)6-16-11-4-9(14)8(13)3-10(11)15/h3-4,7,16H,5-6H2,1-2H3,(H,17,18). The van der Waals surface area contributed by atoms with E-state index in [0.29, 0.717) is 24.6 Å². The molecule has 3 nitrogen and oxygen atoms in total. The van der Waals surface area contributed by atoms with Gasteiger partial charge in [-0.15, -0.1) is 0 Å². The van der Waals surface area contributed by atoms with E-state index >= 15 is 0 Å². The number of carbonyl (C=O) groups is 1. The first kappa shape index (κ1) is 14.3. The van der Waals surface area contributed by atoms with Crippen LogP contribution in [0, 0.1) is 23.4 Å². The van der Waals surface area contributed by atoms with Crippen molar-refractivity contribution >= 4 is 11.6 Å².